The lowest BCUT2D eigenvalue weighted by Crippen LogP contribution is -1.98. The zero-order chi connectivity index (χ0) is 24.0. The maximum atomic E-state index is 10.9. The van der Waals surface area contributed by atoms with E-state index in [2.05, 4.69) is 9.98 Å². The van der Waals surface area contributed by atoms with Crippen molar-refractivity contribution in [1.29, 1.82) is 0 Å². The lowest BCUT2D eigenvalue weighted by molar-refractivity contribution is -0.395. The topological polar surface area (TPSA) is 238 Å². The van der Waals surface area contributed by atoms with Gasteiger partial charge < -0.3 is 10.2 Å². The van der Waals surface area contributed by atoms with E-state index in [4.69, 9.17) is 0 Å². The lowest BCUT2D eigenvalue weighted by atomic mass is 10.1. The van der Waals surface area contributed by atoms with E-state index < -0.39 is 53.9 Å². The molecule has 0 atom stereocenters. The lowest BCUT2D eigenvalue weighted by Gasteiger charge is -2.01. The van der Waals surface area contributed by atoms with Gasteiger partial charge in [0.05, 0.1) is 44.9 Å². The van der Waals surface area contributed by atoms with E-state index in [0.717, 1.165) is 24.6 Å². The van der Waals surface area contributed by atoms with E-state index in [-0.39, 0.29) is 24.2 Å². The minimum absolute atomic E-state index is 0.0930. The molecule has 0 aliphatic heterocycles. The highest BCUT2D eigenvalue weighted by Crippen LogP contribution is 2.34. The summed E-state index contributed by atoms with van der Waals surface area (Å²) in [6, 6.07) is 2.97. The van der Waals surface area contributed by atoms with Gasteiger partial charge in [-0.3, -0.25) is 50.4 Å². The molecule has 16 heteroatoms. The Labute approximate surface area is 176 Å². The van der Waals surface area contributed by atoms with E-state index in [9.17, 15) is 50.7 Å². The number of aromatic hydroxyl groups is 2. The molecular formula is C16H12N6O10. The second-order valence-electron chi connectivity index (χ2n) is 5.90. The van der Waals surface area contributed by atoms with Crippen molar-refractivity contribution in [3.8, 4) is 11.5 Å². The van der Waals surface area contributed by atoms with Crippen LogP contribution >= 0.6 is 0 Å². The van der Waals surface area contributed by atoms with Gasteiger partial charge in [0, 0.05) is 35.7 Å². The maximum Gasteiger partial charge on any atom is 0.318 e. The average molecular weight is 448 g/mol. The van der Waals surface area contributed by atoms with Crippen molar-refractivity contribution in [2.45, 2.75) is 0 Å². The Balaban J connectivity index is 2.17. The highest BCUT2D eigenvalue weighted by molar-refractivity contribution is 5.88. The van der Waals surface area contributed by atoms with Crippen LogP contribution in [0.25, 0.3) is 0 Å². The summed E-state index contributed by atoms with van der Waals surface area (Å²) in [5.41, 5.74) is -3.56. The summed E-state index contributed by atoms with van der Waals surface area (Å²) in [7, 11) is 0. The fourth-order valence-electron chi connectivity index (χ4n) is 2.38. The molecule has 0 saturated carbocycles. The average Bonchev–Trinajstić information content (AvgIpc) is 2.71. The smallest absolute Gasteiger partial charge is 0.318 e. The zero-order valence-electron chi connectivity index (χ0n) is 15.7. The first-order chi connectivity index (χ1) is 15.0. The van der Waals surface area contributed by atoms with Gasteiger partial charge in [-0.15, -0.1) is 0 Å². The summed E-state index contributed by atoms with van der Waals surface area (Å²) in [5, 5.41) is 63.3. The molecule has 32 heavy (non-hydrogen) atoms. The number of benzene rings is 2. The first-order valence-corrected chi connectivity index (χ1v) is 8.34. The summed E-state index contributed by atoms with van der Waals surface area (Å²) >= 11 is 0. The molecule has 0 amide bonds. The van der Waals surface area contributed by atoms with Gasteiger partial charge in [0.15, 0.2) is 0 Å². The minimum atomic E-state index is -0.991. The molecule has 166 valence electrons. The van der Waals surface area contributed by atoms with Crippen LogP contribution in [-0.4, -0.2) is 55.4 Å². The normalized spacial score (nSPS) is 11.1. The summed E-state index contributed by atoms with van der Waals surface area (Å²) in [4.78, 5) is 47.5. The number of phenolic OH excluding ortho intramolecular Hbond substituents is 2. The Morgan fingerprint density at radius 3 is 1.28 bits per heavy atom. The highest BCUT2D eigenvalue weighted by Gasteiger charge is 2.24. The summed E-state index contributed by atoms with van der Waals surface area (Å²) in [6.45, 7) is -0.186. The van der Waals surface area contributed by atoms with Gasteiger partial charge in [-0.25, -0.2) is 0 Å². The number of nitro groups is 4. The fourth-order valence-corrected chi connectivity index (χ4v) is 2.38. The largest absolute Gasteiger partial charge is 0.502 e. The molecule has 2 rings (SSSR count). The van der Waals surface area contributed by atoms with Crippen molar-refractivity contribution in [3.63, 3.8) is 0 Å². The van der Waals surface area contributed by atoms with E-state index >= 15 is 0 Å². The van der Waals surface area contributed by atoms with Crippen molar-refractivity contribution in [2.24, 2.45) is 9.98 Å². The van der Waals surface area contributed by atoms with Crippen LogP contribution in [0, 0.1) is 40.5 Å². The second-order valence-corrected chi connectivity index (χ2v) is 5.90. The molecule has 0 aliphatic rings. The first-order valence-electron chi connectivity index (χ1n) is 8.34. The molecule has 0 aromatic heterocycles. The van der Waals surface area contributed by atoms with Gasteiger partial charge in [0.2, 0.25) is 11.5 Å². The van der Waals surface area contributed by atoms with Gasteiger partial charge in [-0.1, -0.05) is 0 Å². The van der Waals surface area contributed by atoms with Gasteiger partial charge in [-0.2, -0.15) is 0 Å². The third-order valence-corrected chi connectivity index (χ3v) is 3.84. The van der Waals surface area contributed by atoms with E-state index in [1.54, 1.807) is 0 Å². The summed E-state index contributed by atoms with van der Waals surface area (Å²) in [5.74, 6) is -1.64. The maximum absolute atomic E-state index is 10.9. The molecule has 16 nitrogen and oxygen atoms in total. The van der Waals surface area contributed by atoms with Crippen LogP contribution in [-0.2, 0) is 0 Å². The predicted octanol–water partition coefficient (Wildman–Crippen LogP) is 2.27. The highest BCUT2D eigenvalue weighted by atomic mass is 16.6. The quantitative estimate of drug-likeness (QED) is 0.245. The standard InChI is InChI=1S/C16H12N6O10/c23-15-9(3-11(19(25)26)5-13(15)21(29)30)7-17-1-2-18-8-10-4-12(20(27)28)6-14(16(10)24)22(31)32/h3-8,23-24H,1-2H2. The van der Waals surface area contributed by atoms with Gasteiger partial charge in [0.25, 0.3) is 11.4 Å². The Hall–Kier alpha value is -5.02. The molecule has 2 aromatic carbocycles. The first kappa shape index (κ1) is 23.3. The van der Waals surface area contributed by atoms with Crippen molar-refractivity contribution in [1.82, 2.24) is 0 Å². The predicted molar refractivity (Wildman–Crippen MR) is 108 cm³/mol. The van der Waals surface area contributed by atoms with Crippen molar-refractivity contribution in [2.75, 3.05) is 13.1 Å². The van der Waals surface area contributed by atoms with Gasteiger partial charge in [-0.05, 0) is 0 Å². The molecule has 0 radical (unpaired) electrons. The molecule has 0 aliphatic carbocycles. The van der Waals surface area contributed by atoms with Crippen LogP contribution in [0.4, 0.5) is 22.7 Å². The number of phenols is 2. The Morgan fingerprint density at radius 2 is 1.00 bits per heavy atom. The van der Waals surface area contributed by atoms with Crippen LogP contribution < -0.4 is 0 Å². The summed E-state index contributed by atoms with van der Waals surface area (Å²) < 4.78 is 0. The van der Waals surface area contributed by atoms with Crippen LogP contribution in [0.5, 0.6) is 11.5 Å². The number of nitro benzene ring substituents is 4. The molecule has 0 saturated heterocycles. The number of rotatable bonds is 9. The van der Waals surface area contributed by atoms with Crippen molar-refractivity contribution >= 4 is 35.2 Å². The summed E-state index contributed by atoms with van der Waals surface area (Å²) in [6.07, 6.45) is 1.92. The SMILES string of the molecule is O=[N+]([O-])c1cc(C=NCCN=Cc2cc([N+](=O)[O-])cc([N+](=O)[O-])c2O)c(O)c([N+](=O)[O-])c1. The number of non-ortho nitro benzene ring substituents is 2. The Kier molecular flexibility index (Phi) is 7.02. The Bertz CT molecular complexity index is 1080. The van der Waals surface area contributed by atoms with Crippen LogP contribution in [0.3, 0.4) is 0 Å². The number of aliphatic imine (C=N–C) groups is 2. The van der Waals surface area contributed by atoms with Gasteiger partial charge in [0.1, 0.15) is 0 Å². The van der Waals surface area contributed by atoms with E-state index in [1.807, 2.05) is 0 Å². The third-order valence-electron chi connectivity index (χ3n) is 3.84. The molecule has 0 heterocycles. The molecule has 0 bridgehead atoms. The van der Waals surface area contributed by atoms with E-state index in [1.165, 1.54) is 0 Å². The Morgan fingerprint density at radius 1 is 0.656 bits per heavy atom. The number of hydrogen-bond donors (Lipinski definition) is 2. The number of hydrogen-bond acceptors (Lipinski definition) is 12. The zero-order valence-corrected chi connectivity index (χ0v) is 15.7. The van der Waals surface area contributed by atoms with Crippen LogP contribution in [0.2, 0.25) is 0 Å². The molecule has 0 spiro atoms. The van der Waals surface area contributed by atoms with E-state index in [0.29, 0.717) is 12.1 Å². The van der Waals surface area contributed by atoms with Crippen molar-refractivity contribution < 1.29 is 29.9 Å². The molecule has 2 N–H and O–H groups in total. The molecule has 0 fully saturated rings. The number of nitrogens with zero attached hydrogens (tertiary/aromatic N) is 6. The van der Waals surface area contributed by atoms with Crippen LogP contribution in [0.1, 0.15) is 11.1 Å². The molecule has 2 aromatic rings. The second kappa shape index (κ2) is 9.65. The van der Waals surface area contributed by atoms with Crippen LogP contribution in [0.15, 0.2) is 34.3 Å². The molecular weight excluding hydrogens is 436 g/mol. The fraction of sp³-hybridized carbons (Fsp3) is 0.125. The third kappa shape index (κ3) is 5.32. The minimum Gasteiger partial charge on any atom is -0.502 e. The molecule has 0 unspecified atom stereocenters. The van der Waals surface area contributed by atoms with Gasteiger partial charge >= 0.3 is 11.4 Å². The van der Waals surface area contributed by atoms with Crippen molar-refractivity contribution in [3.05, 3.63) is 75.8 Å². The monoisotopic (exact) mass is 448 g/mol.